The zero-order valence-electron chi connectivity index (χ0n) is 7.58. The van der Waals surface area contributed by atoms with Gasteiger partial charge >= 0.3 is 5.97 Å². The second kappa shape index (κ2) is 3.28. The molecule has 13 heavy (non-hydrogen) atoms. The van der Waals surface area contributed by atoms with Crippen molar-refractivity contribution >= 4 is 5.97 Å². The summed E-state index contributed by atoms with van der Waals surface area (Å²) in [5.74, 6) is -0.937. The fourth-order valence-corrected chi connectivity index (χ4v) is 2.87. The third kappa shape index (κ3) is 1.56. The second-order valence-electron chi connectivity index (χ2n) is 4.40. The molecule has 2 rings (SSSR count). The van der Waals surface area contributed by atoms with Crippen LogP contribution in [0.2, 0.25) is 0 Å². The van der Waals surface area contributed by atoms with Gasteiger partial charge in [-0.05, 0) is 37.5 Å². The van der Waals surface area contributed by atoms with E-state index in [0.717, 1.165) is 19.3 Å². The molecule has 2 bridgehead atoms. The Morgan fingerprint density at radius 1 is 1.23 bits per heavy atom. The van der Waals surface area contributed by atoms with Gasteiger partial charge in [-0.1, -0.05) is 6.42 Å². The quantitative estimate of drug-likeness (QED) is 0.681. The Morgan fingerprint density at radius 3 is 2.23 bits per heavy atom. The van der Waals surface area contributed by atoms with Crippen LogP contribution in [0.4, 0.5) is 4.39 Å². The lowest BCUT2D eigenvalue weighted by Crippen LogP contribution is -2.39. The van der Waals surface area contributed by atoms with Crippen molar-refractivity contribution < 1.29 is 14.3 Å². The van der Waals surface area contributed by atoms with Gasteiger partial charge < -0.3 is 5.11 Å². The molecule has 0 radical (unpaired) electrons. The average molecular weight is 186 g/mol. The van der Waals surface area contributed by atoms with Gasteiger partial charge in [0.1, 0.15) is 6.17 Å². The Hall–Kier alpha value is -0.600. The van der Waals surface area contributed by atoms with E-state index in [1.54, 1.807) is 0 Å². The van der Waals surface area contributed by atoms with Gasteiger partial charge in [0.05, 0.1) is 5.92 Å². The second-order valence-corrected chi connectivity index (χ2v) is 4.40. The first kappa shape index (κ1) is 8.97. The molecule has 0 aromatic rings. The first-order chi connectivity index (χ1) is 6.18. The van der Waals surface area contributed by atoms with Gasteiger partial charge in [0.2, 0.25) is 0 Å². The highest BCUT2D eigenvalue weighted by atomic mass is 19.1. The van der Waals surface area contributed by atoms with E-state index < -0.39 is 12.1 Å². The lowest BCUT2D eigenvalue weighted by atomic mass is 9.67. The number of rotatable bonds is 1. The van der Waals surface area contributed by atoms with Gasteiger partial charge in [-0.2, -0.15) is 0 Å². The van der Waals surface area contributed by atoms with E-state index in [2.05, 4.69) is 0 Å². The highest BCUT2D eigenvalue weighted by Crippen LogP contribution is 2.44. The standard InChI is InChI=1S/C10H15FO2/c11-9-6-2-1-3-7(9)5-8(4-6)10(12)13/h6-9H,1-5H2,(H,12,13)/t6-,7-,8?,9?/m0/s1. The summed E-state index contributed by atoms with van der Waals surface area (Å²) in [5.41, 5.74) is 0. The first-order valence-corrected chi connectivity index (χ1v) is 5.05. The molecule has 0 amide bonds. The van der Waals surface area contributed by atoms with E-state index in [1.165, 1.54) is 0 Å². The van der Waals surface area contributed by atoms with Crippen LogP contribution >= 0.6 is 0 Å². The van der Waals surface area contributed by atoms with Gasteiger partial charge in [0.15, 0.2) is 0 Å². The number of alkyl halides is 1. The van der Waals surface area contributed by atoms with Gasteiger partial charge in [-0.15, -0.1) is 0 Å². The minimum Gasteiger partial charge on any atom is -0.481 e. The number of hydrogen-bond acceptors (Lipinski definition) is 1. The molecule has 0 aromatic heterocycles. The maximum absolute atomic E-state index is 13.5. The smallest absolute Gasteiger partial charge is 0.306 e. The number of aliphatic carboxylic acids is 1. The van der Waals surface area contributed by atoms with Crippen molar-refractivity contribution in [3.8, 4) is 0 Å². The predicted octanol–water partition coefficient (Wildman–Crippen LogP) is 2.24. The highest BCUT2D eigenvalue weighted by molar-refractivity contribution is 5.70. The van der Waals surface area contributed by atoms with Crippen molar-refractivity contribution in [2.45, 2.75) is 38.3 Å². The van der Waals surface area contributed by atoms with Crippen molar-refractivity contribution in [2.24, 2.45) is 17.8 Å². The monoisotopic (exact) mass is 186 g/mol. The summed E-state index contributed by atoms with van der Waals surface area (Å²) in [6, 6.07) is 0. The molecule has 2 aliphatic carbocycles. The van der Waals surface area contributed by atoms with Crippen LogP contribution in [0.3, 0.4) is 0 Å². The summed E-state index contributed by atoms with van der Waals surface area (Å²) in [5, 5.41) is 8.86. The largest absolute Gasteiger partial charge is 0.481 e. The van der Waals surface area contributed by atoms with Crippen molar-refractivity contribution in [3.05, 3.63) is 0 Å². The van der Waals surface area contributed by atoms with Gasteiger partial charge in [0.25, 0.3) is 0 Å². The third-order valence-corrected chi connectivity index (χ3v) is 3.57. The predicted molar refractivity (Wildman–Crippen MR) is 46.1 cm³/mol. The molecule has 2 atom stereocenters. The maximum Gasteiger partial charge on any atom is 0.306 e. The lowest BCUT2D eigenvalue weighted by Gasteiger charge is -2.40. The molecular formula is C10H15FO2. The molecule has 0 heterocycles. The number of halogens is 1. The summed E-state index contributed by atoms with van der Waals surface area (Å²) in [6.07, 6.45) is 3.27. The fraction of sp³-hybridized carbons (Fsp3) is 0.900. The normalized spacial score (nSPS) is 44.4. The van der Waals surface area contributed by atoms with Crippen molar-refractivity contribution in [1.82, 2.24) is 0 Å². The summed E-state index contributed by atoms with van der Waals surface area (Å²) < 4.78 is 13.5. The van der Waals surface area contributed by atoms with E-state index in [0.29, 0.717) is 12.8 Å². The highest BCUT2D eigenvalue weighted by Gasteiger charge is 2.42. The van der Waals surface area contributed by atoms with Crippen LogP contribution in [0.15, 0.2) is 0 Å². The van der Waals surface area contributed by atoms with E-state index in [9.17, 15) is 9.18 Å². The SMILES string of the molecule is O=C(O)C1C[C@@H]2CCC[C@@H](C1)C2F. The third-order valence-electron chi connectivity index (χ3n) is 3.57. The van der Waals surface area contributed by atoms with Crippen LogP contribution in [0.5, 0.6) is 0 Å². The number of carbonyl (C=O) groups is 1. The minimum absolute atomic E-state index is 0.0357. The molecule has 74 valence electrons. The number of fused-ring (bicyclic) bond motifs is 2. The lowest BCUT2D eigenvalue weighted by molar-refractivity contribution is -0.146. The molecule has 1 N–H and O–H groups in total. The van der Waals surface area contributed by atoms with Crippen LogP contribution in [0.1, 0.15) is 32.1 Å². The number of carboxylic acid groups (broad SMARTS) is 1. The van der Waals surface area contributed by atoms with E-state index in [1.807, 2.05) is 0 Å². The molecule has 0 spiro atoms. The zero-order valence-corrected chi connectivity index (χ0v) is 7.58. The molecule has 0 saturated heterocycles. The van der Waals surface area contributed by atoms with E-state index in [4.69, 9.17) is 5.11 Å². The summed E-state index contributed by atoms with van der Waals surface area (Å²) in [6.45, 7) is 0. The summed E-state index contributed by atoms with van der Waals surface area (Å²) >= 11 is 0. The number of carboxylic acids is 1. The molecule has 2 fully saturated rings. The molecule has 3 heteroatoms. The molecule has 2 aliphatic rings. The van der Waals surface area contributed by atoms with Crippen molar-refractivity contribution in [1.29, 1.82) is 0 Å². The van der Waals surface area contributed by atoms with Crippen molar-refractivity contribution in [2.75, 3.05) is 0 Å². The summed E-state index contributed by atoms with van der Waals surface area (Å²) in [4.78, 5) is 10.8. The van der Waals surface area contributed by atoms with E-state index in [-0.39, 0.29) is 17.8 Å². The average Bonchev–Trinajstić information content (AvgIpc) is 2.02. The van der Waals surface area contributed by atoms with Gasteiger partial charge in [-0.3, -0.25) is 4.79 Å². The Balaban J connectivity index is 2.07. The van der Waals surface area contributed by atoms with Crippen LogP contribution < -0.4 is 0 Å². The number of hydrogen-bond donors (Lipinski definition) is 1. The molecule has 2 saturated carbocycles. The Labute approximate surface area is 77.1 Å². The molecule has 0 aromatic carbocycles. The van der Waals surface area contributed by atoms with Gasteiger partial charge in [-0.25, -0.2) is 4.39 Å². The fourth-order valence-electron chi connectivity index (χ4n) is 2.87. The van der Waals surface area contributed by atoms with Crippen LogP contribution in [0.25, 0.3) is 0 Å². The first-order valence-electron chi connectivity index (χ1n) is 5.05. The molecular weight excluding hydrogens is 171 g/mol. The molecule has 2 nitrogen and oxygen atoms in total. The van der Waals surface area contributed by atoms with E-state index >= 15 is 0 Å². The van der Waals surface area contributed by atoms with Crippen LogP contribution in [-0.4, -0.2) is 17.2 Å². The molecule has 0 aliphatic heterocycles. The topological polar surface area (TPSA) is 37.3 Å². The van der Waals surface area contributed by atoms with Crippen LogP contribution in [-0.2, 0) is 4.79 Å². The summed E-state index contributed by atoms with van der Waals surface area (Å²) in [7, 11) is 0. The Morgan fingerprint density at radius 2 is 1.77 bits per heavy atom. The maximum atomic E-state index is 13.5. The zero-order chi connectivity index (χ0) is 9.42. The van der Waals surface area contributed by atoms with Crippen molar-refractivity contribution in [3.63, 3.8) is 0 Å². The minimum atomic E-state index is -0.733. The Kier molecular flexibility index (Phi) is 2.26. The molecule has 0 unspecified atom stereocenters. The van der Waals surface area contributed by atoms with Crippen LogP contribution in [0, 0.1) is 17.8 Å². The van der Waals surface area contributed by atoms with Gasteiger partial charge in [0, 0.05) is 0 Å². The Bertz CT molecular complexity index is 203.